The van der Waals surface area contributed by atoms with Crippen molar-refractivity contribution in [2.24, 2.45) is 4.99 Å². The number of aryl methyl sites for hydroxylation is 1. The third-order valence-electron chi connectivity index (χ3n) is 4.73. The smallest absolute Gasteiger partial charge is 0.347 e. The highest BCUT2D eigenvalue weighted by Crippen LogP contribution is 2.31. The third kappa shape index (κ3) is 4.32. The Kier molecular flexibility index (Phi) is 6.16. The fraction of sp³-hybridized carbons (Fsp3) is 0.556. The van der Waals surface area contributed by atoms with Gasteiger partial charge in [-0.1, -0.05) is 43.2 Å². The molecule has 0 aromatic carbocycles. The summed E-state index contributed by atoms with van der Waals surface area (Å²) in [7, 11) is 0. The number of carbonyl (C=O) groups excluding carboxylic acids is 1. The van der Waals surface area contributed by atoms with E-state index in [1.807, 2.05) is 11.8 Å². The van der Waals surface area contributed by atoms with Gasteiger partial charge in [-0.25, -0.2) is 14.8 Å². The number of aliphatic imine (C=N–C) groups is 1. The summed E-state index contributed by atoms with van der Waals surface area (Å²) in [5.74, 6) is -1.11. The molecule has 0 unspecified atom stereocenters. The van der Waals surface area contributed by atoms with E-state index in [1.165, 1.54) is 11.3 Å². The number of nitrogens with one attached hydrogen (secondary N) is 1. The molecular formula is C18H23ClN4O3S. The minimum absolute atomic E-state index is 0.000854. The van der Waals surface area contributed by atoms with Crippen LogP contribution in [0.5, 0.6) is 0 Å². The maximum atomic E-state index is 12.3. The van der Waals surface area contributed by atoms with Gasteiger partial charge in [-0.15, -0.1) is 0 Å². The van der Waals surface area contributed by atoms with E-state index in [2.05, 4.69) is 22.2 Å². The van der Waals surface area contributed by atoms with E-state index >= 15 is 0 Å². The van der Waals surface area contributed by atoms with Crippen molar-refractivity contribution < 1.29 is 14.7 Å². The molecule has 2 aliphatic heterocycles. The highest BCUT2D eigenvalue weighted by atomic mass is 35.5. The van der Waals surface area contributed by atoms with Gasteiger partial charge in [0.2, 0.25) is 0 Å². The number of amides is 1. The number of aromatic carboxylic acids is 1. The summed E-state index contributed by atoms with van der Waals surface area (Å²) in [6.45, 7) is 5.28. The van der Waals surface area contributed by atoms with Crippen molar-refractivity contribution in [3.05, 3.63) is 21.3 Å². The van der Waals surface area contributed by atoms with Crippen LogP contribution in [-0.2, 0) is 11.2 Å². The molecule has 27 heavy (non-hydrogen) atoms. The molecule has 9 heteroatoms. The van der Waals surface area contributed by atoms with Gasteiger partial charge in [0.05, 0.1) is 11.7 Å². The summed E-state index contributed by atoms with van der Waals surface area (Å²) in [6.07, 6.45) is 3.88. The molecule has 1 fully saturated rings. The number of thiazole rings is 1. The van der Waals surface area contributed by atoms with E-state index in [1.54, 1.807) is 0 Å². The van der Waals surface area contributed by atoms with Gasteiger partial charge in [-0.3, -0.25) is 4.79 Å². The molecule has 1 aromatic rings. The average molecular weight is 411 g/mol. The number of halogens is 1. The van der Waals surface area contributed by atoms with Crippen LogP contribution in [0.25, 0.3) is 0 Å². The lowest BCUT2D eigenvalue weighted by Gasteiger charge is -2.39. The monoisotopic (exact) mass is 410 g/mol. The Morgan fingerprint density at radius 1 is 1.37 bits per heavy atom. The van der Waals surface area contributed by atoms with Crippen molar-refractivity contribution >= 4 is 45.7 Å². The summed E-state index contributed by atoms with van der Waals surface area (Å²) in [5.41, 5.74) is 2.10. The first kappa shape index (κ1) is 19.8. The second-order valence-electron chi connectivity index (χ2n) is 6.74. The predicted molar refractivity (Wildman–Crippen MR) is 107 cm³/mol. The van der Waals surface area contributed by atoms with Crippen LogP contribution in [0.2, 0.25) is 0 Å². The number of carboxylic acids is 1. The first-order valence-corrected chi connectivity index (χ1v) is 10.4. The van der Waals surface area contributed by atoms with Gasteiger partial charge in [-0.05, 0) is 24.8 Å². The molecule has 0 aliphatic carbocycles. The lowest BCUT2D eigenvalue weighted by Crippen LogP contribution is -2.60. The normalized spacial score (nSPS) is 17.1. The number of hydrogen-bond acceptors (Lipinski definition) is 6. The Labute approximate surface area is 167 Å². The van der Waals surface area contributed by atoms with E-state index in [4.69, 9.17) is 11.6 Å². The van der Waals surface area contributed by atoms with Gasteiger partial charge in [0.15, 0.2) is 5.13 Å². The zero-order valence-electron chi connectivity index (χ0n) is 15.4. The Bertz CT molecular complexity index is 812. The summed E-state index contributed by atoms with van der Waals surface area (Å²) in [6, 6.07) is 0.000854. The molecule has 1 amide bonds. The van der Waals surface area contributed by atoms with E-state index in [9.17, 15) is 14.7 Å². The number of carbonyl (C=O) groups is 2. The minimum atomic E-state index is -0.925. The number of hydrogen-bond donors (Lipinski definition) is 2. The third-order valence-corrected chi connectivity index (χ3v) is 6.23. The summed E-state index contributed by atoms with van der Waals surface area (Å²) >= 11 is 7.24. The summed E-state index contributed by atoms with van der Waals surface area (Å²) in [4.78, 5) is 34.7. The molecule has 0 radical (unpaired) electrons. The van der Waals surface area contributed by atoms with Crippen molar-refractivity contribution in [2.75, 3.05) is 18.0 Å². The quantitative estimate of drug-likeness (QED) is 0.641. The first-order valence-electron chi connectivity index (χ1n) is 9.16. The Balaban J connectivity index is 1.55. The Morgan fingerprint density at radius 3 is 2.70 bits per heavy atom. The van der Waals surface area contributed by atoms with Crippen LogP contribution in [0.4, 0.5) is 5.13 Å². The molecule has 0 spiro atoms. The van der Waals surface area contributed by atoms with Crippen LogP contribution in [0.15, 0.2) is 15.7 Å². The number of carboxylic acid groups (broad SMARTS) is 1. The van der Waals surface area contributed by atoms with Gasteiger partial charge in [-0.2, -0.15) is 0 Å². The van der Waals surface area contributed by atoms with Crippen LogP contribution >= 0.6 is 22.9 Å². The van der Waals surface area contributed by atoms with Crippen LogP contribution < -0.4 is 10.2 Å². The summed E-state index contributed by atoms with van der Waals surface area (Å²) in [5, 5.41) is 13.5. The molecule has 0 atom stereocenters. The first-order chi connectivity index (χ1) is 12.9. The zero-order chi connectivity index (χ0) is 19.6. The lowest BCUT2D eigenvalue weighted by atomic mass is 10.1. The molecule has 1 saturated heterocycles. The van der Waals surface area contributed by atoms with Gasteiger partial charge in [0.25, 0.3) is 5.91 Å². The maximum absolute atomic E-state index is 12.3. The van der Waals surface area contributed by atoms with Crippen LogP contribution in [0.3, 0.4) is 0 Å². The number of nitrogens with zero attached hydrogens (tertiary/aromatic N) is 3. The van der Waals surface area contributed by atoms with Crippen molar-refractivity contribution in [2.45, 2.75) is 52.0 Å². The fourth-order valence-electron chi connectivity index (χ4n) is 3.06. The molecule has 1 aromatic heterocycles. The summed E-state index contributed by atoms with van der Waals surface area (Å²) < 4.78 is 0. The topological polar surface area (TPSA) is 94.9 Å². The molecule has 3 heterocycles. The highest BCUT2D eigenvalue weighted by molar-refractivity contribution is 7.17. The number of rotatable bonds is 8. The molecule has 2 N–H and O–H groups in total. The van der Waals surface area contributed by atoms with Crippen LogP contribution in [0, 0.1) is 0 Å². The van der Waals surface area contributed by atoms with Gasteiger partial charge in [0, 0.05) is 19.5 Å². The number of unbranched alkanes of at least 4 members (excludes halogenated alkanes) is 1. The number of allylic oxidation sites excluding steroid dienone is 1. The van der Waals surface area contributed by atoms with Crippen molar-refractivity contribution in [1.82, 2.24) is 10.3 Å². The second-order valence-corrected chi connectivity index (χ2v) is 8.08. The van der Waals surface area contributed by atoms with Gasteiger partial charge < -0.3 is 15.3 Å². The van der Waals surface area contributed by atoms with Crippen LogP contribution in [0.1, 0.15) is 54.9 Å². The standard InChI is InChI=1S/C18H23ClN4O3S/c1-3-5-6-12-14(17(25)26)27-18(22-12)23-8-11(9-23)20-16(24)13-7-10(4-2)15(19)21-13/h11H,3-9H2,1-2H3,(H,20,24)(H,25,26). The molecule has 146 valence electrons. The molecule has 2 aliphatic rings. The molecule has 7 nitrogen and oxygen atoms in total. The molecule has 3 rings (SSSR count). The van der Waals surface area contributed by atoms with E-state index in [0.29, 0.717) is 52.5 Å². The Hall–Kier alpha value is -1.93. The number of aromatic nitrogens is 1. The lowest BCUT2D eigenvalue weighted by molar-refractivity contribution is -0.115. The SMILES string of the molecule is CCCCc1nc(N2CC(NC(=O)C3=NC(Cl)=C(CC)C3)C2)sc1C(=O)O. The molecule has 0 bridgehead atoms. The fourth-order valence-corrected chi connectivity index (χ4v) is 4.34. The molecule has 0 saturated carbocycles. The highest BCUT2D eigenvalue weighted by Gasteiger charge is 2.33. The van der Waals surface area contributed by atoms with Crippen LogP contribution in [-0.4, -0.2) is 46.8 Å². The molecular weight excluding hydrogens is 388 g/mol. The van der Waals surface area contributed by atoms with Gasteiger partial charge >= 0.3 is 5.97 Å². The number of anilines is 1. The predicted octanol–water partition coefficient (Wildman–Crippen LogP) is 3.19. The van der Waals surface area contributed by atoms with E-state index < -0.39 is 5.97 Å². The minimum Gasteiger partial charge on any atom is -0.477 e. The maximum Gasteiger partial charge on any atom is 0.347 e. The van der Waals surface area contributed by atoms with Gasteiger partial charge in [0.1, 0.15) is 15.7 Å². The largest absolute Gasteiger partial charge is 0.477 e. The van der Waals surface area contributed by atoms with E-state index in [-0.39, 0.29) is 11.9 Å². The van der Waals surface area contributed by atoms with Crippen molar-refractivity contribution in [1.29, 1.82) is 0 Å². The zero-order valence-corrected chi connectivity index (χ0v) is 17.0. The average Bonchev–Trinajstić information content (AvgIpc) is 3.19. The van der Waals surface area contributed by atoms with E-state index in [0.717, 1.165) is 24.8 Å². The Morgan fingerprint density at radius 2 is 2.11 bits per heavy atom. The second kappa shape index (κ2) is 8.39. The van der Waals surface area contributed by atoms with Crippen molar-refractivity contribution in [3.63, 3.8) is 0 Å². The van der Waals surface area contributed by atoms with Crippen molar-refractivity contribution in [3.8, 4) is 0 Å².